The molecule has 1 rings (SSSR count). The number of methoxy groups -OCH3 is 1. The molecular weight excluding hydrogens is 244 g/mol. The summed E-state index contributed by atoms with van der Waals surface area (Å²) in [5.41, 5.74) is 6.78. The molecule has 0 saturated carbocycles. The smallest absolute Gasteiger partial charge is 0.179 e. The third-order valence-corrected chi connectivity index (χ3v) is 2.90. The molecule has 2 atom stereocenters. The molecule has 0 amide bonds. The highest BCUT2D eigenvalue weighted by molar-refractivity contribution is 6.01. The number of nitrogen functional groups attached to an aromatic ring is 1. The molecule has 0 heterocycles. The lowest BCUT2D eigenvalue weighted by Crippen LogP contribution is -2.40. The second-order valence-electron chi connectivity index (χ2n) is 4.54. The predicted molar refractivity (Wildman–Crippen MR) is 75.5 cm³/mol. The first kappa shape index (κ1) is 15.5. The predicted octanol–water partition coefficient (Wildman–Crippen LogP) is 1.21. The Kier molecular flexibility index (Phi) is 5.79. The van der Waals surface area contributed by atoms with Crippen molar-refractivity contribution in [3.8, 4) is 5.75 Å². The van der Waals surface area contributed by atoms with Crippen molar-refractivity contribution >= 4 is 11.5 Å². The molecule has 0 spiro atoms. The van der Waals surface area contributed by atoms with E-state index in [2.05, 4.69) is 5.32 Å². The Bertz CT molecular complexity index is 433. The van der Waals surface area contributed by atoms with Crippen LogP contribution in [0.15, 0.2) is 18.2 Å². The fourth-order valence-electron chi connectivity index (χ4n) is 1.82. The van der Waals surface area contributed by atoms with E-state index in [1.165, 1.54) is 7.11 Å². The van der Waals surface area contributed by atoms with E-state index < -0.39 is 6.10 Å². The van der Waals surface area contributed by atoms with Crippen LogP contribution in [0.25, 0.3) is 0 Å². The van der Waals surface area contributed by atoms with Crippen molar-refractivity contribution in [1.29, 1.82) is 0 Å². The van der Waals surface area contributed by atoms with Gasteiger partial charge < -0.3 is 20.9 Å². The molecule has 1 aromatic carbocycles. The molecule has 5 nitrogen and oxygen atoms in total. The van der Waals surface area contributed by atoms with E-state index in [0.717, 1.165) is 0 Å². The van der Waals surface area contributed by atoms with Gasteiger partial charge in [-0.05, 0) is 31.5 Å². The Balaban J connectivity index is 2.82. The van der Waals surface area contributed by atoms with Crippen molar-refractivity contribution in [3.63, 3.8) is 0 Å². The van der Waals surface area contributed by atoms with Gasteiger partial charge in [-0.3, -0.25) is 4.79 Å². The van der Waals surface area contributed by atoms with Gasteiger partial charge in [-0.15, -0.1) is 0 Å². The number of rotatable bonds is 7. The summed E-state index contributed by atoms with van der Waals surface area (Å²) in [7, 11) is 1.53. The highest BCUT2D eigenvalue weighted by Gasteiger charge is 2.19. The zero-order chi connectivity index (χ0) is 14.4. The summed E-state index contributed by atoms with van der Waals surface area (Å²) in [6.07, 6.45) is 0.167. The quantitative estimate of drug-likeness (QED) is 0.510. The largest absolute Gasteiger partial charge is 0.495 e. The van der Waals surface area contributed by atoms with Gasteiger partial charge in [0.05, 0.1) is 24.9 Å². The number of hydrogen-bond donors (Lipinski definition) is 3. The van der Waals surface area contributed by atoms with Crippen LogP contribution in [0, 0.1) is 0 Å². The molecule has 0 saturated heterocycles. The number of aliphatic hydroxyl groups excluding tert-OH is 1. The zero-order valence-electron chi connectivity index (χ0n) is 11.6. The van der Waals surface area contributed by atoms with Gasteiger partial charge in [0.2, 0.25) is 0 Å². The number of ketones is 1. The second kappa shape index (κ2) is 7.11. The summed E-state index contributed by atoms with van der Waals surface area (Å²) >= 11 is 0. The molecule has 4 N–H and O–H groups in total. The van der Waals surface area contributed by atoms with Crippen molar-refractivity contribution in [2.24, 2.45) is 0 Å². The third kappa shape index (κ3) is 4.22. The maximum Gasteiger partial charge on any atom is 0.179 e. The molecular formula is C14H22N2O3. The monoisotopic (exact) mass is 266 g/mol. The molecule has 0 aliphatic heterocycles. The van der Waals surface area contributed by atoms with Crippen LogP contribution in [0.5, 0.6) is 5.75 Å². The van der Waals surface area contributed by atoms with Gasteiger partial charge in [-0.25, -0.2) is 0 Å². The van der Waals surface area contributed by atoms with E-state index in [0.29, 0.717) is 30.0 Å². The molecule has 0 aromatic heterocycles. The van der Waals surface area contributed by atoms with E-state index in [4.69, 9.17) is 10.5 Å². The van der Waals surface area contributed by atoms with Gasteiger partial charge >= 0.3 is 0 Å². The van der Waals surface area contributed by atoms with Crippen LogP contribution in [-0.2, 0) is 0 Å². The van der Waals surface area contributed by atoms with Crippen LogP contribution < -0.4 is 15.8 Å². The van der Waals surface area contributed by atoms with Crippen LogP contribution in [0.3, 0.4) is 0 Å². The number of benzene rings is 1. The average Bonchev–Trinajstić information content (AvgIpc) is 2.38. The first-order valence-electron chi connectivity index (χ1n) is 6.38. The number of aliphatic hydroxyl groups is 1. The molecule has 0 aliphatic rings. The number of carbonyl (C=O) groups excluding carboxylic acids is 1. The maximum atomic E-state index is 12.3. The van der Waals surface area contributed by atoms with Crippen LogP contribution >= 0.6 is 0 Å². The van der Waals surface area contributed by atoms with Gasteiger partial charge in [-0.1, -0.05) is 6.92 Å². The average molecular weight is 266 g/mol. The molecule has 0 radical (unpaired) electrons. The molecule has 0 fully saturated rings. The summed E-state index contributed by atoms with van der Waals surface area (Å²) in [6, 6.07) is 4.68. The maximum absolute atomic E-state index is 12.3. The molecule has 19 heavy (non-hydrogen) atoms. The lowest BCUT2D eigenvalue weighted by Gasteiger charge is -2.17. The van der Waals surface area contributed by atoms with E-state index in [9.17, 15) is 9.90 Å². The van der Waals surface area contributed by atoms with Gasteiger partial charge in [0.15, 0.2) is 5.78 Å². The zero-order valence-corrected chi connectivity index (χ0v) is 11.6. The molecule has 1 aromatic rings. The van der Waals surface area contributed by atoms with Crippen molar-refractivity contribution in [2.75, 3.05) is 19.4 Å². The number of nitrogens with two attached hydrogens (primary N) is 1. The van der Waals surface area contributed by atoms with Crippen molar-refractivity contribution in [2.45, 2.75) is 32.4 Å². The van der Waals surface area contributed by atoms with Crippen LogP contribution in [-0.4, -0.2) is 36.7 Å². The highest BCUT2D eigenvalue weighted by Crippen LogP contribution is 2.22. The summed E-state index contributed by atoms with van der Waals surface area (Å²) in [4.78, 5) is 12.3. The lowest BCUT2D eigenvalue weighted by molar-refractivity contribution is 0.0929. The fourth-order valence-corrected chi connectivity index (χ4v) is 1.82. The molecule has 5 heteroatoms. The Hall–Kier alpha value is -1.59. The Morgan fingerprint density at radius 3 is 2.68 bits per heavy atom. The summed E-state index contributed by atoms with van der Waals surface area (Å²) < 4.78 is 5.06. The first-order chi connectivity index (χ1) is 8.99. The first-order valence-corrected chi connectivity index (χ1v) is 6.38. The van der Waals surface area contributed by atoms with E-state index in [-0.39, 0.29) is 11.8 Å². The minimum atomic E-state index is -0.484. The number of carbonyl (C=O) groups is 1. The minimum Gasteiger partial charge on any atom is -0.495 e. The van der Waals surface area contributed by atoms with Gasteiger partial charge in [0, 0.05) is 12.1 Å². The Labute approximate surface area is 113 Å². The lowest BCUT2D eigenvalue weighted by atomic mass is 10.0. The van der Waals surface area contributed by atoms with Crippen molar-refractivity contribution in [3.05, 3.63) is 23.8 Å². The van der Waals surface area contributed by atoms with Crippen LogP contribution in [0.4, 0.5) is 5.69 Å². The molecule has 0 bridgehead atoms. The van der Waals surface area contributed by atoms with Crippen LogP contribution in [0.2, 0.25) is 0 Å². The third-order valence-electron chi connectivity index (χ3n) is 2.90. The molecule has 0 aliphatic carbocycles. The van der Waals surface area contributed by atoms with Gasteiger partial charge in [0.1, 0.15) is 5.75 Å². The highest BCUT2D eigenvalue weighted by atomic mass is 16.5. The van der Waals surface area contributed by atoms with Crippen LogP contribution in [0.1, 0.15) is 30.6 Å². The van der Waals surface area contributed by atoms with E-state index >= 15 is 0 Å². The standard InChI is InChI=1S/C14H22N2O3/c1-4-12(16-8-9(2)17)14(18)10-5-6-13(19-3)11(15)7-10/h5-7,9,12,16-17H,4,8,15H2,1-3H3. The Morgan fingerprint density at radius 1 is 1.53 bits per heavy atom. The summed E-state index contributed by atoms with van der Waals surface area (Å²) in [5.74, 6) is 0.527. The van der Waals surface area contributed by atoms with Crippen molar-refractivity contribution in [1.82, 2.24) is 5.32 Å². The fraction of sp³-hybridized carbons (Fsp3) is 0.500. The van der Waals surface area contributed by atoms with E-state index in [1.54, 1.807) is 25.1 Å². The van der Waals surface area contributed by atoms with Gasteiger partial charge in [0.25, 0.3) is 0 Å². The number of hydrogen-bond acceptors (Lipinski definition) is 5. The molecule has 2 unspecified atom stereocenters. The topological polar surface area (TPSA) is 84.6 Å². The Morgan fingerprint density at radius 2 is 2.21 bits per heavy atom. The number of nitrogens with one attached hydrogen (secondary N) is 1. The SMILES string of the molecule is CCC(NCC(C)O)C(=O)c1ccc(OC)c(N)c1. The summed E-state index contributed by atoms with van der Waals surface area (Å²) in [6.45, 7) is 3.98. The minimum absolute atomic E-state index is 0.0301. The second-order valence-corrected chi connectivity index (χ2v) is 4.54. The normalized spacial score (nSPS) is 13.9. The number of ether oxygens (including phenoxy) is 1. The molecule has 106 valence electrons. The van der Waals surface area contributed by atoms with Crippen molar-refractivity contribution < 1.29 is 14.6 Å². The number of anilines is 1. The van der Waals surface area contributed by atoms with Gasteiger partial charge in [-0.2, -0.15) is 0 Å². The summed E-state index contributed by atoms with van der Waals surface area (Å²) in [5, 5.41) is 12.3. The van der Waals surface area contributed by atoms with E-state index in [1.807, 2.05) is 6.92 Å². The number of Topliss-reactive ketones (excluding diaryl/α,β-unsaturated/α-hetero) is 1.